The molecule has 0 bridgehead atoms. The minimum Gasteiger partial charge on any atom is -0.497 e. The number of hydrogen-bond acceptors (Lipinski definition) is 2. The van der Waals surface area contributed by atoms with Crippen molar-refractivity contribution in [2.45, 2.75) is 32.2 Å². The molecule has 0 spiro atoms. The minimum absolute atomic E-state index is 0.270. The number of ether oxygens (including phenoxy) is 1. The molecule has 1 aromatic rings. The monoisotopic (exact) mass is 259 g/mol. The smallest absolute Gasteiger partial charge is 0.226 e. The molecular formula is C16H21NO2. The first-order chi connectivity index (χ1) is 9.20. The van der Waals surface area contributed by atoms with E-state index >= 15 is 0 Å². The van der Waals surface area contributed by atoms with Crippen molar-refractivity contribution in [3.63, 3.8) is 0 Å². The second kappa shape index (κ2) is 4.87. The molecule has 1 aromatic carbocycles. The summed E-state index contributed by atoms with van der Waals surface area (Å²) >= 11 is 0. The Morgan fingerprint density at radius 2 is 2.00 bits per heavy atom. The van der Waals surface area contributed by atoms with Gasteiger partial charge in [0.25, 0.3) is 0 Å². The first kappa shape index (κ1) is 12.5. The standard InChI is InChI=1S/C16H21NO2/c1-11-10-14(11)16(18)17-9-3-4-15(17)12-5-7-13(19-2)8-6-12/h5-8,11,14-15H,3-4,9-10H2,1-2H3. The van der Waals surface area contributed by atoms with Crippen LogP contribution >= 0.6 is 0 Å². The highest BCUT2D eigenvalue weighted by Crippen LogP contribution is 2.43. The fourth-order valence-corrected chi connectivity index (χ4v) is 3.08. The van der Waals surface area contributed by atoms with Crippen molar-refractivity contribution in [1.82, 2.24) is 4.90 Å². The molecule has 0 N–H and O–H groups in total. The van der Waals surface area contributed by atoms with E-state index in [1.807, 2.05) is 12.1 Å². The van der Waals surface area contributed by atoms with Crippen molar-refractivity contribution >= 4 is 5.91 Å². The van der Waals surface area contributed by atoms with Crippen LogP contribution in [0.4, 0.5) is 0 Å². The summed E-state index contributed by atoms with van der Waals surface area (Å²) in [4.78, 5) is 14.5. The summed E-state index contributed by atoms with van der Waals surface area (Å²) in [5.41, 5.74) is 1.24. The third-order valence-electron chi connectivity index (χ3n) is 4.46. The summed E-state index contributed by atoms with van der Waals surface area (Å²) in [6.07, 6.45) is 3.27. The Bertz CT molecular complexity index is 468. The lowest BCUT2D eigenvalue weighted by molar-refractivity contribution is -0.133. The largest absolute Gasteiger partial charge is 0.497 e. The summed E-state index contributed by atoms with van der Waals surface area (Å²) in [6, 6.07) is 8.41. The summed E-state index contributed by atoms with van der Waals surface area (Å²) in [6.45, 7) is 3.08. The van der Waals surface area contributed by atoms with Gasteiger partial charge in [0.05, 0.1) is 13.2 Å². The number of benzene rings is 1. The normalized spacial score (nSPS) is 29.4. The van der Waals surface area contributed by atoms with E-state index < -0.39 is 0 Å². The van der Waals surface area contributed by atoms with Crippen LogP contribution in [-0.4, -0.2) is 24.5 Å². The Hall–Kier alpha value is -1.51. The molecule has 1 heterocycles. The molecule has 19 heavy (non-hydrogen) atoms. The number of amides is 1. The van der Waals surface area contributed by atoms with Crippen molar-refractivity contribution < 1.29 is 9.53 Å². The SMILES string of the molecule is COc1ccc(C2CCCN2C(=O)C2CC2C)cc1. The Balaban J connectivity index is 1.76. The lowest BCUT2D eigenvalue weighted by Crippen LogP contribution is -2.32. The van der Waals surface area contributed by atoms with Crippen molar-refractivity contribution in [3.05, 3.63) is 29.8 Å². The van der Waals surface area contributed by atoms with E-state index in [9.17, 15) is 4.79 Å². The number of hydrogen-bond donors (Lipinski definition) is 0. The van der Waals surface area contributed by atoms with Crippen LogP contribution in [0.15, 0.2) is 24.3 Å². The van der Waals surface area contributed by atoms with Crippen LogP contribution in [0.25, 0.3) is 0 Å². The molecule has 3 nitrogen and oxygen atoms in total. The molecular weight excluding hydrogens is 238 g/mol. The maximum atomic E-state index is 12.4. The molecule has 102 valence electrons. The zero-order valence-corrected chi connectivity index (χ0v) is 11.6. The highest BCUT2D eigenvalue weighted by atomic mass is 16.5. The number of carbonyl (C=O) groups is 1. The predicted molar refractivity (Wildman–Crippen MR) is 74.0 cm³/mol. The van der Waals surface area contributed by atoms with Crippen molar-refractivity contribution in [1.29, 1.82) is 0 Å². The van der Waals surface area contributed by atoms with E-state index in [1.165, 1.54) is 5.56 Å². The van der Waals surface area contributed by atoms with Gasteiger partial charge in [-0.1, -0.05) is 19.1 Å². The van der Waals surface area contributed by atoms with Gasteiger partial charge >= 0.3 is 0 Å². The van der Waals surface area contributed by atoms with E-state index in [1.54, 1.807) is 7.11 Å². The van der Waals surface area contributed by atoms with Gasteiger partial charge in [-0.15, -0.1) is 0 Å². The molecule has 2 aliphatic rings. The fraction of sp³-hybridized carbons (Fsp3) is 0.562. The molecule has 1 saturated heterocycles. The summed E-state index contributed by atoms with van der Waals surface area (Å²) in [5, 5.41) is 0. The molecule has 3 heteroatoms. The van der Waals surface area contributed by atoms with Gasteiger partial charge < -0.3 is 9.64 Å². The zero-order chi connectivity index (χ0) is 13.4. The van der Waals surface area contributed by atoms with Crippen LogP contribution < -0.4 is 4.74 Å². The first-order valence-electron chi connectivity index (χ1n) is 7.15. The van der Waals surface area contributed by atoms with Crippen molar-refractivity contribution in [3.8, 4) is 5.75 Å². The second-order valence-electron chi connectivity index (χ2n) is 5.78. The number of methoxy groups -OCH3 is 1. The Morgan fingerprint density at radius 3 is 2.58 bits per heavy atom. The number of nitrogens with zero attached hydrogens (tertiary/aromatic N) is 1. The van der Waals surface area contributed by atoms with Crippen LogP contribution in [0.1, 0.15) is 37.8 Å². The van der Waals surface area contributed by atoms with E-state index in [-0.39, 0.29) is 6.04 Å². The lowest BCUT2D eigenvalue weighted by atomic mass is 10.0. The topological polar surface area (TPSA) is 29.5 Å². The molecule has 2 fully saturated rings. The highest BCUT2D eigenvalue weighted by molar-refractivity contribution is 5.82. The molecule has 0 aromatic heterocycles. The van der Waals surface area contributed by atoms with E-state index in [0.29, 0.717) is 17.7 Å². The maximum absolute atomic E-state index is 12.4. The molecule has 3 unspecified atom stereocenters. The number of rotatable bonds is 3. The quantitative estimate of drug-likeness (QED) is 0.835. The van der Waals surface area contributed by atoms with Crippen LogP contribution in [0.2, 0.25) is 0 Å². The molecule has 1 amide bonds. The van der Waals surface area contributed by atoms with Gasteiger partial charge in [0.15, 0.2) is 0 Å². The fourth-order valence-electron chi connectivity index (χ4n) is 3.08. The molecule has 1 aliphatic heterocycles. The van der Waals surface area contributed by atoms with Gasteiger partial charge in [-0.25, -0.2) is 0 Å². The average Bonchev–Trinajstić information content (AvgIpc) is 2.98. The van der Waals surface area contributed by atoms with Gasteiger partial charge in [-0.05, 0) is 42.9 Å². The lowest BCUT2D eigenvalue weighted by Gasteiger charge is -2.25. The number of carbonyl (C=O) groups excluding carboxylic acids is 1. The van der Waals surface area contributed by atoms with E-state index in [0.717, 1.165) is 31.6 Å². The summed E-state index contributed by atoms with van der Waals surface area (Å²) < 4.78 is 5.19. The molecule has 3 atom stereocenters. The zero-order valence-electron chi connectivity index (χ0n) is 11.6. The van der Waals surface area contributed by atoms with Crippen molar-refractivity contribution in [2.75, 3.05) is 13.7 Å². The van der Waals surface area contributed by atoms with Crippen LogP contribution in [0, 0.1) is 11.8 Å². The summed E-state index contributed by atoms with van der Waals surface area (Å²) in [7, 11) is 1.68. The average molecular weight is 259 g/mol. The van der Waals surface area contributed by atoms with Gasteiger partial charge in [0.1, 0.15) is 5.75 Å². The minimum atomic E-state index is 0.270. The Morgan fingerprint density at radius 1 is 1.32 bits per heavy atom. The maximum Gasteiger partial charge on any atom is 0.226 e. The van der Waals surface area contributed by atoms with Crippen LogP contribution in [-0.2, 0) is 4.79 Å². The predicted octanol–water partition coefficient (Wildman–Crippen LogP) is 3.01. The molecule has 1 saturated carbocycles. The third-order valence-corrected chi connectivity index (χ3v) is 4.46. The third kappa shape index (κ3) is 2.34. The molecule has 0 radical (unpaired) electrons. The van der Waals surface area contributed by atoms with E-state index in [4.69, 9.17) is 4.74 Å². The van der Waals surface area contributed by atoms with Crippen molar-refractivity contribution in [2.24, 2.45) is 11.8 Å². The van der Waals surface area contributed by atoms with Gasteiger partial charge in [0, 0.05) is 12.5 Å². The molecule has 1 aliphatic carbocycles. The summed E-state index contributed by atoms with van der Waals surface area (Å²) in [5.74, 6) is 2.12. The first-order valence-corrected chi connectivity index (χ1v) is 7.15. The highest BCUT2D eigenvalue weighted by Gasteiger charge is 2.44. The molecule has 3 rings (SSSR count). The van der Waals surface area contributed by atoms with Gasteiger partial charge in [0.2, 0.25) is 5.91 Å². The van der Waals surface area contributed by atoms with Gasteiger partial charge in [-0.2, -0.15) is 0 Å². The van der Waals surface area contributed by atoms with Gasteiger partial charge in [-0.3, -0.25) is 4.79 Å². The second-order valence-corrected chi connectivity index (χ2v) is 5.78. The Labute approximate surface area is 114 Å². The number of likely N-dealkylation sites (tertiary alicyclic amines) is 1. The Kier molecular flexibility index (Phi) is 3.21. The van der Waals surface area contributed by atoms with Crippen LogP contribution in [0.5, 0.6) is 5.75 Å². The van der Waals surface area contributed by atoms with Crippen LogP contribution in [0.3, 0.4) is 0 Å². The van der Waals surface area contributed by atoms with E-state index in [2.05, 4.69) is 24.0 Å².